The van der Waals surface area contributed by atoms with Gasteiger partial charge in [0.1, 0.15) is 17.4 Å². The molecule has 2 nitrogen and oxygen atoms in total. The molecule has 21 heavy (non-hydrogen) atoms. The van der Waals surface area contributed by atoms with E-state index >= 15 is 0 Å². The summed E-state index contributed by atoms with van der Waals surface area (Å²) in [6.45, 7) is -1.17. The van der Waals surface area contributed by atoms with Crippen molar-refractivity contribution in [3.05, 3.63) is 59.7 Å². The van der Waals surface area contributed by atoms with Crippen molar-refractivity contribution in [2.75, 3.05) is 5.32 Å². The number of alkyl halides is 2. The second kappa shape index (κ2) is 6.47. The Morgan fingerprint density at radius 1 is 1.00 bits per heavy atom. The Morgan fingerprint density at radius 3 is 2.24 bits per heavy atom. The molecular weight excluding hydrogens is 286 g/mol. The maximum absolute atomic E-state index is 13.6. The van der Waals surface area contributed by atoms with Gasteiger partial charge in [-0.2, -0.15) is 8.78 Å². The number of anilines is 1. The number of nitrogens with one attached hydrogen (secondary N) is 1. The standard InChI is InChI=1S/C15H13F4NO/c1-9(13-7-2-10(16)8-14(13)17)20-11-3-5-12(6-4-11)21-15(18)19/h2-9,15,20H,1H3. The average molecular weight is 299 g/mol. The third-order valence-electron chi connectivity index (χ3n) is 2.89. The van der Waals surface area contributed by atoms with Crippen LogP contribution in [0.1, 0.15) is 18.5 Å². The molecule has 2 aromatic carbocycles. The highest BCUT2D eigenvalue weighted by atomic mass is 19.3. The lowest BCUT2D eigenvalue weighted by Gasteiger charge is -2.16. The number of benzene rings is 2. The van der Waals surface area contributed by atoms with E-state index in [1.165, 1.54) is 36.4 Å². The lowest BCUT2D eigenvalue weighted by Crippen LogP contribution is -2.09. The molecule has 0 radical (unpaired) electrons. The van der Waals surface area contributed by atoms with Crippen LogP contribution in [0.4, 0.5) is 23.2 Å². The minimum Gasteiger partial charge on any atom is -0.435 e. The third kappa shape index (κ3) is 4.11. The molecule has 0 bridgehead atoms. The van der Waals surface area contributed by atoms with E-state index in [-0.39, 0.29) is 5.75 Å². The molecule has 112 valence electrons. The van der Waals surface area contributed by atoms with Gasteiger partial charge in [0.15, 0.2) is 0 Å². The van der Waals surface area contributed by atoms with Gasteiger partial charge < -0.3 is 10.1 Å². The van der Waals surface area contributed by atoms with Crippen LogP contribution in [0.2, 0.25) is 0 Å². The molecule has 0 amide bonds. The van der Waals surface area contributed by atoms with Crippen molar-refractivity contribution in [1.29, 1.82) is 0 Å². The van der Waals surface area contributed by atoms with Gasteiger partial charge in [-0.1, -0.05) is 6.07 Å². The molecule has 1 atom stereocenters. The van der Waals surface area contributed by atoms with Gasteiger partial charge in [0.25, 0.3) is 0 Å². The summed E-state index contributed by atoms with van der Waals surface area (Å²) in [5.74, 6) is -1.25. The summed E-state index contributed by atoms with van der Waals surface area (Å²) >= 11 is 0. The molecule has 0 aromatic heterocycles. The highest BCUT2D eigenvalue weighted by Gasteiger charge is 2.12. The zero-order chi connectivity index (χ0) is 15.4. The molecule has 0 aliphatic heterocycles. The Morgan fingerprint density at radius 2 is 1.67 bits per heavy atom. The van der Waals surface area contributed by atoms with Crippen LogP contribution in [0.5, 0.6) is 5.75 Å². The molecular formula is C15H13F4NO. The first-order chi connectivity index (χ1) is 9.95. The molecule has 2 rings (SSSR count). The quantitative estimate of drug-likeness (QED) is 0.805. The summed E-state index contributed by atoms with van der Waals surface area (Å²) in [7, 11) is 0. The van der Waals surface area contributed by atoms with Crippen LogP contribution in [-0.2, 0) is 0 Å². The van der Waals surface area contributed by atoms with E-state index in [1.54, 1.807) is 6.92 Å². The van der Waals surface area contributed by atoms with Gasteiger partial charge in [-0.25, -0.2) is 8.78 Å². The molecule has 0 fully saturated rings. The van der Waals surface area contributed by atoms with Crippen LogP contribution in [0.15, 0.2) is 42.5 Å². The van der Waals surface area contributed by atoms with Crippen LogP contribution >= 0.6 is 0 Å². The Hall–Kier alpha value is -2.24. The smallest absolute Gasteiger partial charge is 0.387 e. The minimum atomic E-state index is -2.88. The average Bonchev–Trinajstić information content (AvgIpc) is 2.40. The fourth-order valence-corrected chi connectivity index (χ4v) is 1.91. The molecule has 0 aliphatic rings. The topological polar surface area (TPSA) is 21.3 Å². The van der Waals surface area contributed by atoms with Gasteiger partial charge in [-0.05, 0) is 37.3 Å². The van der Waals surface area contributed by atoms with E-state index in [1.807, 2.05) is 0 Å². The van der Waals surface area contributed by atoms with Gasteiger partial charge in [-0.3, -0.25) is 0 Å². The molecule has 0 saturated carbocycles. The second-order valence-electron chi connectivity index (χ2n) is 4.43. The van der Waals surface area contributed by atoms with Crippen molar-refractivity contribution in [3.8, 4) is 5.75 Å². The SMILES string of the molecule is CC(Nc1ccc(OC(F)F)cc1)c1ccc(F)cc1F. The van der Waals surface area contributed by atoms with Crippen LogP contribution < -0.4 is 10.1 Å². The molecule has 0 saturated heterocycles. The number of hydrogen-bond donors (Lipinski definition) is 1. The number of hydrogen-bond acceptors (Lipinski definition) is 2. The van der Waals surface area contributed by atoms with E-state index in [9.17, 15) is 17.6 Å². The van der Waals surface area contributed by atoms with Crippen LogP contribution in [0.25, 0.3) is 0 Å². The molecule has 2 aromatic rings. The largest absolute Gasteiger partial charge is 0.435 e. The summed E-state index contributed by atoms with van der Waals surface area (Å²) in [6, 6.07) is 8.77. The van der Waals surface area contributed by atoms with Crippen LogP contribution in [0, 0.1) is 11.6 Å². The molecule has 0 aliphatic carbocycles. The molecule has 6 heteroatoms. The van der Waals surface area contributed by atoms with Gasteiger partial charge >= 0.3 is 6.61 Å². The Bertz CT molecular complexity index is 601. The summed E-state index contributed by atoms with van der Waals surface area (Å²) < 4.78 is 54.7. The van der Waals surface area contributed by atoms with Crippen LogP contribution in [0.3, 0.4) is 0 Å². The number of rotatable bonds is 5. The first-order valence-corrected chi connectivity index (χ1v) is 6.22. The maximum Gasteiger partial charge on any atom is 0.387 e. The van der Waals surface area contributed by atoms with Crippen molar-refractivity contribution in [2.45, 2.75) is 19.6 Å². The Balaban J connectivity index is 2.06. The van der Waals surface area contributed by atoms with Crippen LogP contribution in [-0.4, -0.2) is 6.61 Å². The van der Waals surface area contributed by atoms with Gasteiger partial charge in [-0.15, -0.1) is 0 Å². The molecule has 0 heterocycles. The zero-order valence-corrected chi connectivity index (χ0v) is 11.1. The fraction of sp³-hybridized carbons (Fsp3) is 0.200. The highest BCUT2D eigenvalue weighted by molar-refractivity contribution is 5.48. The monoisotopic (exact) mass is 299 g/mol. The van der Waals surface area contributed by atoms with Crippen molar-refractivity contribution in [1.82, 2.24) is 0 Å². The Labute approximate surface area is 119 Å². The summed E-state index contributed by atoms with van der Waals surface area (Å²) in [5.41, 5.74) is 0.914. The fourth-order valence-electron chi connectivity index (χ4n) is 1.91. The lowest BCUT2D eigenvalue weighted by atomic mass is 10.1. The molecule has 1 N–H and O–H groups in total. The van der Waals surface area contributed by atoms with Gasteiger partial charge in [0.2, 0.25) is 0 Å². The van der Waals surface area contributed by atoms with E-state index in [4.69, 9.17) is 0 Å². The maximum atomic E-state index is 13.6. The van der Waals surface area contributed by atoms with Crippen molar-refractivity contribution >= 4 is 5.69 Å². The van der Waals surface area contributed by atoms with E-state index in [2.05, 4.69) is 10.1 Å². The highest BCUT2D eigenvalue weighted by Crippen LogP contribution is 2.24. The first kappa shape index (κ1) is 15.2. The minimum absolute atomic E-state index is 0.0381. The third-order valence-corrected chi connectivity index (χ3v) is 2.89. The number of halogens is 4. The van der Waals surface area contributed by atoms with Crippen molar-refractivity contribution in [3.63, 3.8) is 0 Å². The zero-order valence-electron chi connectivity index (χ0n) is 11.1. The predicted molar refractivity (Wildman–Crippen MR) is 71.5 cm³/mol. The van der Waals surface area contributed by atoms with Gasteiger partial charge in [0, 0.05) is 17.3 Å². The Kier molecular flexibility index (Phi) is 4.67. The normalized spacial score (nSPS) is 12.3. The summed E-state index contributed by atoms with van der Waals surface area (Å²) in [5, 5.41) is 2.99. The number of ether oxygens (including phenoxy) is 1. The van der Waals surface area contributed by atoms with Crippen molar-refractivity contribution in [2.24, 2.45) is 0 Å². The summed E-state index contributed by atoms with van der Waals surface area (Å²) in [4.78, 5) is 0. The van der Waals surface area contributed by atoms with E-state index in [0.29, 0.717) is 11.3 Å². The van der Waals surface area contributed by atoms with E-state index in [0.717, 1.165) is 6.07 Å². The van der Waals surface area contributed by atoms with Gasteiger partial charge in [0.05, 0.1) is 6.04 Å². The predicted octanol–water partition coefficient (Wildman–Crippen LogP) is 4.74. The molecule has 1 unspecified atom stereocenters. The summed E-state index contributed by atoms with van der Waals surface area (Å²) in [6.07, 6.45) is 0. The first-order valence-electron chi connectivity index (χ1n) is 6.22. The lowest BCUT2D eigenvalue weighted by molar-refractivity contribution is -0.0498. The van der Waals surface area contributed by atoms with Crippen molar-refractivity contribution < 1.29 is 22.3 Å². The van der Waals surface area contributed by atoms with E-state index < -0.39 is 24.3 Å². The second-order valence-corrected chi connectivity index (χ2v) is 4.43. The molecule has 0 spiro atoms.